The Balaban J connectivity index is 2.01. The minimum absolute atomic E-state index is 0.109. The second kappa shape index (κ2) is 8.66. The Morgan fingerprint density at radius 3 is 2.32 bits per heavy atom. The summed E-state index contributed by atoms with van der Waals surface area (Å²) in [5.74, 6) is -10.5. The van der Waals surface area contributed by atoms with E-state index in [1.165, 1.54) is 31.1 Å². The quantitative estimate of drug-likeness (QED) is 0.167. The standard InChI is InChI=1S/C24H28N4O9/c1-7-8-4-5-9(27-10(29)6-25)17(30)12(8)18(31)13-11(7)19(32)15-16(28(2)3)20(33)14(23(26)36)22(35)24(15,37)21(13)34/h4-5,7,11,15-16,19,30-32,35,37H,6,25H2,1-3H3,(H2,26,36)(H,27,29)/t7-,11?,15?,16-,19?,24-/m0/s1. The highest BCUT2D eigenvalue weighted by molar-refractivity contribution is 6.24. The van der Waals surface area contributed by atoms with Crippen LogP contribution in [0.5, 0.6) is 5.75 Å². The fraction of sp³-hybridized carbons (Fsp3) is 0.417. The predicted octanol–water partition coefficient (Wildman–Crippen LogP) is -1.61. The average molecular weight is 517 g/mol. The first-order valence-corrected chi connectivity index (χ1v) is 11.4. The minimum atomic E-state index is -3.00. The van der Waals surface area contributed by atoms with Crippen LogP contribution in [0.2, 0.25) is 0 Å². The van der Waals surface area contributed by atoms with Gasteiger partial charge < -0.3 is 42.3 Å². The normalized spacial score (nSPS) is 31.2. The zero-order valence-corrected chi connectivity index (χ0v) is 20.2. The summed E-state index contributed by atoms with van der Waals surface area (Å²) in [6.07, 6.45) is -1.69. The van der Waals surface area contributed by atoms with Crippen LogP contribution in [0.1, 0.15) is 24.0 Å². The number of phenolic OH excluding ortho intramolecular Hbond substituents is 1. The number of aliphatic hydroxyl groups is 4. The highest BCUT2D eigenvalue weighted by atomic mass is 16.4. The van der Waals surface area contributed by atoms with Crippen molar-refractivity contribution < 1.29 is 44.7 Å². The van der Waals surface area contributed by atoms with E-state index in [-0.39, 0.29) is 17.8 Å². The van der Waals surface area contributed by atoms with Crippen LogP contribution in [0.4, 0.5) is 5.69 Å². The van der Waals surface area contributed by atoms with Gasteiger partial charge in [0, 0.05) is 11.5 Å². The Hall–Kier alpha value is -3.78. The number of fused-ring (bicyclic) bond motifs is 3. The monoisotopic (exact) mass is 516 g/mol. The molecule has 0 radical (unpaired) electrons. The number of nitrogens with zero attached hydrogens (tertiary/aromatic N) is 1. The van der Waals surface area contributed by atoms with Gasteiger partial charge in [0.15, 0.2) is 11.4 Å². The Kier molecular flexibility index (Phi) is 6.15. The molecular formula is C24H28N4O9. The lowest BCUT2D eigenvalue weighted by molar-refractivity contribution is -0.169. The van der Waals surface area contributed by atoms with Crippen LogP contribution in [0.25, 0.3) is 5.76 Å². The smallest absolute Gasteiger partial charge is 0.255 e. The molecule has 0 aliphatic heterocycles. The van der Waals surface area contributed by atoms with Crippen LogP contribution in [-0.4, -0.2) is 92.2 Å². The molecule has 0 aromatic heterocycles. The molecule has 0 spiro atoms. The predicted molar refractivity (Wildman–Crippen MR) is 128 cm³/mol. The van der Waals surface area contributed by atoms with E-state index < -0.39 is 87.3 Å². The lowest BCUT2D eigenvalue weighted by Gasteiger charge is -2.53. The van der Waals surface area contributed by atoms with Gasteiger partial charge in [-0.05, 0) is 31.6 Å². The molecule has 3 aliphatic carbocycles. The molecule has 3 unspecified atom stereocenters. The van der Waals surface area contributed by atoms with Crippen molar-refractivity contribution in [3.63, 3.8) is 0 Å². The maximum atomic E-state index is 13.9. The van der Waals surface area contributed by atoms with Gasteiger partial charge in [-0.3, -0.25) is 24.1 Å². The molecule has 0 saturated heterocycles. The topological polar surface area (TPSA) is 237 Å². The first-order chi connectivity index (χ1) is 17.2. The number of nitrogens with two attached hydrogens (primary N) is 2. The number of carbonyl (C=O) groups excluding carboxylic acids is 4. The maximum Gasteiger partial charge on any atom is 0.255 e. The summed E-state index contributed by atoms with van der Waals surface area (Å²) >= 11 is 0. The summed E-state index contributed by atoms with van der Waals surface area (Å²) in [7, 11) is 2.86. The number of ketones is 2. The Morgan fingerprint density at radius 1 is 1.16 bits per heavy atom. The molecule has 0 bridgehead atoms. The van der Waals surface area contributed by atoms with Crippen molar-refractivity contribution in [3.8, 4) is 5.75 Å². The summed E-state index contributed by atoms with van der Waals surface area (Å²) in [6.45, 7) is 1.22. The van der Waals surface area contributed by atoms with Crippen molar-refractivity contribution in [1.82, 2.24) is 4.90 Å². The van der Waals surface area contributed by atoms with Gasteiger partial charge in [0.1, 0.15) is 22.8 Å². The molecule has 13 nitrogen and oxygen atoms in total. The van der Waals surface area contributed by atoms with E-state index >= 15 is 0 Å². The number of aliphatic hydroxyl groups excluding tert-OH is 3. The van der Waals surface area contributed by atoms with Gasteiger partial charge in [0.25, 0.3) is 5.91 Å². The molecule has 198 valence electrons. The number of amides is 2. The fourth-order valence-electron chi connectivity index (χ4n) is 5.92. The van der Waals surface area contributed by atoms with Crippen molar-refractivity contribution in [2.24, 2.45) is 23.3 Å². The molecule has 1 saturated carbocycles. The Labute approximate surface area is 210 Å². The molecule has 13 heteroatoms. The summed E-state index contributed by atoms with van der Waals surface area (Å²) in [5.41, 5.74) is 6.05. The Morgan fingerprint density at radius 2 is 1.78 bits per heavy atom. The summed E-state index contributed by atoms with van der Waals surface area (Å²) in [6, 6.07) is 1.42. The molecule has 1 aromatic carbocycles. The van der Waals surface area contributed by atoms with Crippen molar-refractivity contribution in [2.45, 2.75) is 30.6 Å². The lowest BCUT2D eigenvalue weighted by atomic mass is 9.54. The molecule has 2 amide bonds. The van der Waals surface area contributed by atoms with Crippen LogP contribution in [0.15, 0.2) is 29.0 Å². The van der Waals surface area contributed by atoms with Gasteiger partial charge in [-0.1, -0.05) is 13.0 Å². The summed E-state index contributed by atoms with van der Waals surface area (Å²) < 4.78 is 0. The molecule has 4 rings (SSSR count). The largest absolute Gasteiger partial charge is 0.508 e. The first-order valence-electron chi connectivity index (χ1n) is 11.4. The van der Waals surface area contributed by atoms with Gasteiger partial charge >= 0.3 is 0 Å². The zero-order chi connectivity index (χ0) is 27.7. The van der Waals surface area contributed by atoms with Crippen LogP contribution >= 0.6 is 0 Å². The van der Waals surface area contributed by atoms with E-state index in [1.54, 1.807) is 6.92 Å². The molecule has 0 heterocycles. The third kappa shape index (κ3) is 3.39. The number of hydrogen-bond donors (Lipinski definition) is 8. The molecule has 6 atom stereocenters. The van der Waals surface area contributed by atoms with Crippen molar-refractivity contribution in [1.29, 1.82) is 0 Å². The van der Waals surface area contributed by atoms with Gasteiger partial charge in [-0.15, -0.1) is 0 Å². The number of likely N-dealkylation sites (N-methyl/N-ethyl adjacent to an activating group) is 1. The van der Waals surface area contributed by atoms with Gasteiger partial charge in [-0.25, -0.2) is 0 Å². The second-order valence-electron chi connectivity index (χ2n) is 9.73. The third-order valence-corrected chi connectivity index (χ3v) is 7.59. The maximum absolute atomic E-state index is 13.9. The van der Waals surface area contributed by atoms with E-state index in [0.29, 0.717) is 5.56 Å². The SMILES string of the molecule is C[C@H]1c2ccc(NC(=O)CN)c(O)c2C(O)=C2C(=O)[C@]3(O)C(O)=C(C(N)=O)C(=O)[C@@H](N(C)C)C3C(O)C21. The summed E-state index contributed by atoms with van der Waals surface area (Å²) in [5, 5.41) is 58.5. The average Bonchev–Trinajstić information content (AvgIpc) is 2.82. The highest BCUT2D eigenvalue weighted by Crippen LogP contribution is 2.56. The number of rotatable bonds is 4. The first kappa shape index (κ1) is 26.3. The molecule has 1 aromatic rings. The Bertz CT molecular complexity index is 1320. The molecule has 37 heavy (non-hydrogen) atoms. The summed E-state index contributed by atoms with van der Waals surface area (Å²) in [4.78, 5) is 52.1. The third-order valence-electron chi connectivity index (χ3n) is 7.59. The van der Waals surface area contributed by atoms with Crippen molar-refractivity contribution in [3.05, 3.63) is 40.2 Å². The van der Waals surface area contributed by atoms with Crippen molar-refractivity contribution in [2.75, 3.05) is 26.0 Å². The lowest BCUT2D eigenvalue weighted by Crippen LogP contribution is -2.70. The minimum Gasteiger partial charge on any atom is -0.508 e. The van der Waals surface area contributed by atoms with E-state index in [9.17, 15) is 44.7 Å². The number of anilines is 1. The number of benzene rings is 1. The van der Waals surface area contributed by atoms with Crippen LogP contribution in [0, 0.1) is 11.8 Å². The second-order valence-corrected chi connectivity index (χ2v) is 9.73. The van der Waals surface area contributed by atoms with E-state index in [1.807, 2.05) is 0 Å². The number of carbonyl (C=O) groups is 4. The van der Waals surface area contributed by atoms with Gasteiger partial charge in [-0.2, -0.15) is 0 Å². The molecule has 10 N–H and O–H groups in total. The van der Waals surface area contributed by atoms with Gasteiger partial charge in [0.05, 0.1) is 35.9 Å². The number of nitrogens with one attached hydrogen (secondary N) is 1. The molecule has 1 fully saturated rings. The molecular weight excluding hydrogens is 488 g/mol. The van der Waals surface area contributed by atoms with E-state index in [4.69, 9.17) is 11.5 Å². The number of Topliss-reactive ketones (excluding diaryl/α,β-unsaturated/α-hetero) is 2. The van der Waals surface area contributed by atoms with Crippen LogP contribution in [-0.2, 0) is 19.2 Å². The number of phenols is 1. The van der Waals surface area contributed by atoms with E-state index in [2.05, 4.69) is 5.32 Å². The molecule has 3 aliphatic rings. The number of aromatic hydroxyl groups is 1. The van der Waals surface area contributed by atoms with E-state index in [0.717, 1.165) is 0 Å². The van der Waals surface area contributed by atoms with Gasteiger partial charge in [0.2, 0.25) is 11.7 Å². The fourth-order valence-corrected chi connectivity index (χ4v) is 5.92. The van der Waals surface area contributed by atoms with Crippen LogP contribution < -0.4 is 16.8 Å². The zero-order valence-electron chi connectivity index (χ0n) is 20.2. The highest BCUT2D eigenvalue weighted by Gasteiger charge is 2.68. The number of hydrogen-bond acceptors (Lipinski definition) is 11. The van der Waals surface area contributed by atoms with Crippen molar-refractivity contribution >= 4 is 34.8 Å². The number of primary amides is 1. The van der Waals surface area contributed by atoms with Crippen LogP contribution in [0.3, 0.4) is 0 Å².